The first-order valence-electron chi connectivity index (χ1n) is 9.01. The van der Waals surface area contributed by atoms with E-state index in [1.165, 1.54) is 11.1 Å². The van der Waals surface area contributed by atoms with Gasteiger partial charge in [-0.3, -0.25) is 9.48 Å². The lowest BCUT2D eigenvalue weighted by Crippen LogP contribution is -2.23. The molecule has 1 fully saturated rings. The van der Waals surface area contributed by atoms with Gasteiger partial charge in [0.25, 0.3) is 0 Å². The third-order valence-corrected chi connectivity index (χ3v) is 4.93. The highest BCUT2D eigenvalue weighted by Gasteiger charge is 2.26. The number of ketones is 1. The number of Topliss-reactive ketones (excluding diaryl/α,β-unsaturated/α-hetero) is 1. The number of nitrogens with zero attached hydrogens (tertiary/aromatic N) is 2. The summed E-state index contributed by atoms with van der Waals surface area (Å²) in [6.45, 7) is 0. The maximum atomic E-state index is 12.3. The Bertz CT molecular complexity index is 852. The van der Waals surface area contributed by atoms with Gasteiger partial charge < -0.3 is 0 Å². The molecule has 1 saturated carbocycles. The Morgan fingerprint density at radius 3 is 2.40 bits per heavy atom. The molecule has 1 aliphatic carbocycles. The van der Waals surface area contributed by atoms with Crippen LogP contribution in [-0.4, -0.2) is 15.6 Å². The molecule has 3 nitrogen and oxygen atoms in total. The maximum absolute atomic E-state index is 12.3. The van der Waals surface area contributed by atoms with Gasteiger partial charge in [-0.05, 0) is 18.4 Å². The van der Waals surface area contributed by atoms with E-state index in [1.807, 2.05) is 28.9 Å². The first-order chi connectivity index (χ1) is 12.3. The van der Waals surface area contributed by atoms with Gasteiger partial charge in [0.15, 0.2) is 5.78 Å². The molecule has 0 amide bonds. The van der Waals surface area contributed by atoms with Crippen molar-refractivity contribution in [3.8, 4) is 11.3 Å². The highest BCUT2D eigenvalue weighted by atomic mass is 16.1. The summed E-state index contributed by atoms with van der Waals surface area (Å²) in [7, 11) is 0. The molecule has 1 heterocycles. The highest BCUT2D eigenvalue weighted by molar-refractivity contribution is 5.83. The van der Waals surface area contributed by atoms with Crippen LogP contribution in [0.25, 0.3) is 11.3 Å². The van der Waals surface area contributed by atoms with E-state index in [1.54, 1.807) is 0 Å². The molecular formula is C22H22N2O. The zero-order valence-electron chi connectivity index (χ0n) is 14.3. The summed E-state index contributed by atoms with van der Waals surface area (Å²) in [5, 5.41) is 4.85. The Balaban J connectivity index is 1.74. The molecule has 0 N–H and O–H groups in total. The van der Waals surface area contributed by atoms with Gasteiger partial charge in [0.1, 0.15) is 6.04 Å². The van der Waals surface area contributed by atoms with Crippen molar-refractivity contribution in [1.82, 2.24) is 9.78 Å². The monoisotopic (exact) mass is 330 g/mol. The fourth-order valence-corrected chi connectivity index (χ4v) is 3.62. The number of benzene rings is 2. The second kappa shape index (κ2) is 7.06. The van der Waals surface area contributed by atoms with E-state index >= 15 is 0 Å². The van der Waals surface area contributed by atoms with Crippen LogP contribution in [-0.2, 0) is 11.2 Å². The molecule has 126 valence electrons. The van der Waals surface area contributed by atoms with Crippen molar-refractivity contribution in [3.63, 3.8) is 0 Å². The molecule has 4 rings (SSSR count). The predicted octanol–water partition coefficient (Wildman–Crippen LogP) is 4.83. The van der Waals surface area contributed by atoms with Crippen molar-refractivity contribution in [2.75, 3.05) is 0 Å². The molecule has 0 aliphatic heterocycles. The lowest BCUT2D eigenvalue weighted by molar-refractivity contribution is -0.124. The third-order valence-electron chi connectivity index (χ3n) is 4.93. The van der Waals surface area contributed by atoms with Gasteiger partial charge in [-0.15, -0.1) is 0 Å². The van der Waals surface area contributed by atoms with Crippen LogP contribution in [0, 0.1) is 0 Å². The molecule has 0 saturated heterocycles. The Morgan fingerprint density at radius 2 is 1.68 bits per heavy atom. The van der Waals surface area contributed by atoms with Crippen molar-refractivity contribution in [3.05, 3.63) is 78.0 Å². The smallest absolute Gasteiger partial charge is 0.157 e. The van der Waals surface area contributed by atoms with Crippen LogP contribution >= 0.6 is 0 Å². The summed E-state index contributed by atoms with van der Waals surface area (Å²) in [6, 6.07) is 20.6. The highest BCUT2D eigenvalue weighted by Crippen LogP contribution is 2.30. The first kappa shape index (κ1) is 15.8. The summed E-state index contributed by atoms with van der Waals surface area (Å²) >= 11 is 0. The van der Waals surface area contributed by atoms with E-state index in [0.29, 0.717) is 12.2 Å². The van der Waals surface area contributed by atoms with Crippen LogP contribution in [0.5, 0.6) is 0 Å². The zero-order valence-corrected chi connectivity index (χ0v) is 14.3. The van der Waals surface area contributed by atoms with E-state index in [2.05, 4.69) is 42.6 Å². The van der Waals surface area contributed by atoms with E-state index in [9.17, 15) is 4.79 Å². The van der Waals surface area contributed by atoms with E-state index < -0.39 is 0 Å². The minimum atomic E-state index is -0.0965. The van der Waals surface area contributed by atoms with Crippen molar-refractivity contribution < 1.29 is 4.79 Å². The summed E-state index contributed by atoms with van der Waals surface area (Å²) in [4.78, 5) is 12.3. The number of carbonyl (C=O) groups excluding carboxylic acids is 1. The second-order valence-electron chi connectivity index (χ2n) is 6.74. The molecule has 0 bridgehead atoms. The topological polar surface area (TPSA) is 34.9 Å². The van der Waals surface area contributed by atoms with Crippen molar-refractivity contribution in [2.24, 2.45) is 0 Å². The number of hydrogen-bond donors (Lipinski definition) is 0. The SMILES string of the molecule is O=C1CCCCC1n1cc(Cc2ccccc2)c(-c2ccccc2)n1. The van der Waals surface area contributed by atoms with Gasteiger partial charge in [0, 0.05) is 30.2 Å². The fourth-order valence-electron chi connectivity index (χ4n) is 3.62. The molecule has 1 aromatic heterocycles. The molecule has 0 radical (unpaired) electrons. The number of rotatable bonds is 4. The Morgan fingerprint density at radius 1 is 0.960 bits per heavy atom. The van der Waals surface area contributed by atoms with Crippen molar-refractivity contribution >= 4 is 5.78 Å². The molecule has 1 unspecified atom stereocenters. The maximum Gasteiger partial charge on any atom is 0.157 e. The third kappa shape index (κ3) is 3.41. The molecular weight excluding hydrogens is 308 g/mol. The minimum absolute atomic E-state index is 0.0965. The van der Waals surface area contributed by atoms with Crippen LogP contribution in [0.1, 0.15) is 42.9 Å². The van der Waals surface area contributed by atoms with Crippen LogP contribution < -0.4 is 0 Å². The van der Waals surface area contributed by atoms with Crippen molar-refractivity contribution in [1.29, 1.82) is 0 Å². The van der Waals surface area contributed by atoms with Crippen LogP contribution in [0.3, 0.4) is 0 Å². The molecule has 3 aromatic rings. The van der Waals surface area contributed by atoms with Gasteiger partial charge in [0.2, 0.25) is 0 Å². The van der Waals surface area contributed by atoms with Gasteiger partial charge in [0.05, 0.1) is 5.69 Å². The normalized spacial score (nSPS) is 17.6. The molecule has 1 aliphatic rings. The summed E-state index contributed by atoms with van der Waals surface area (Å²) in [5.74, 6) is 0.319. The average molecular weight is 330 g/mol. The summed E-state index contributed by atoms with van der Waals surface area (Å²) < 4.78 is 1.92. The van der Waals surface area contributed by atoms with Gasteiger partial charge in [-0.2, -0.15) is 5.10 Å². The second-order valence-corrected chi connectivity index (χ2v) is 6.74. The lowest BCUT2D eigenvalue weighted by atomic mass is 9.94. The van der Waals surface area contributed by atoms with E-state index in [0.717, 1.165) is 36.9 Å². The van der Waals surface area contributed by atoms with E-state index in [4.69, 9.17) is 5.10 Å². The standard InChI is InChI=1S/C22H22N2O/c25-21-14-8-7-13-20(21)24-16-19(15-17-9-3-1-4-10-17)22(23-24)18-11-5-2-6-12-18/h1-6,9-12,16,20H,7-8,13-15H2. The van der Waals surface area contributed by atoms with Crippen molar-refractivity contribution in [2.45, 2.75) is 38.1 Å². The number of hydrogen-bond acceptors (Lipinski definition) is 2. The van der Waals surface area contributed by atoms with Crippen LogP contribution in [0.2, 0.25) is 0 Å². The molecule has 25 heavy (non-hydrogen) atoms. The van der Waals surface area contributed by atoms with Crippen LogP contribution in [0.15, 0.2) is 66.9 Å². The molecule has 3 heteroatoms. The first-order valence-corrected chi connectivity index (χ1v) is 9.01. The average Bonchev–Trinajstić information content (AvgIpc) is 3.07. The summed E-state index contributed by atoms with van der Waals surface area (Å²) in [5.41, 5.74) is 4.53. The minimum Gasteiger partial charge on any atom is -0.297 e. The fraction of sp³-hybridized carbons (Fsp3) is 0.273. The number of aromatic nitrogens is 2. The molecule has 0 spiro atoms. The Labute approximate surface area is 148 Å². The number of carbonyl (C=O) groups is 1. The predicted molar refractivity (Wildman–Crippen MR) is 99.4 cm³/mol. The Kier molecular flexibility index (Phi) is 4.47. The van der Waals surface area contributed by atoms with Gasteiger partial charge in [-0.25, -0.2) is 0 Å². The zero-order chi connectivity index (χ0) is 17.1. The molecule has 2 aromatic carbocycles. The van der Waals surface area contributed by atoms with Crippen LogP contribution in [0.4, 0.5) is 0 Å². The van der Waals surface area contributed by atoms with Gasteiger partial charge in [-0.1, -0.05) is 67.1 Å². The van der Waals surface area contributed by atoms with Gasteiger partial charge >= 0.3 is 0 Å². The summed E-state index contributed by atoms with van der Waals surface area (Å²) in [6.07, 6.45) is 6.61. The quantitative estimate of drug-likeness (QED) is 0.687. The Hall–Kier alpha value is -2.68. The lowest BCUT2D eigenvalue weighted by Gasteiger charge is -2.20. The largest absolute Gasteiger partial charge is 0.297 e. The van der Waals surface area contributed by atoms with E-state index in [-0.39, 0.29) is 6.04 Å². The molecule has 1 atom stereocenters.